The molecule has 0 aliphatic heterocycles. The Labute approximate surface area is 83.8 Å². The highest BCUT2D eigenvalue weighted by atomic mass is 19.1. The number of hydrogen-bond donors (Lipinski definition) is 0. The third-order valence-electron chi connectivity index (χ3n) is 1.66. The Kier molecular flexibility index (Phi) is 3.27. The van der Waals surface area contributed by atoms with Crippen molar-refractivity contribution in [3.63, 3.8) is 0 Å². The largest absolute Gasteiger partial charge is 0.481 e. The van der Waals surface area contributed by atoms with Crippen LogP contribution in [0.15, 0.2) is 12.1 Å². The van der Waals surface area contributed by atoms with Crippen molar-refractivity contribution in [1.82, 2.24) is 4.98 Å². The second kappa shape index (κ2) is 4.45. The Hall–Kier alpha value is -2.05. The number of rotatable bonds is 4. The fraction of sp³-hybridized carbons (Fsp3) is 0.250. The van der Waals surface area contributed by atoms with Gasteiger partial charge in [-0.25, -0.2) is 9.37 Å². The topological polar surface area (TPSA) is 82.3 Å². The predicted octanol–water partition coefficient (Wildman–Crippen LogP) is 1.21. The van der Waals surface area contributed by atoms with Crippen LogP contribution in [0.25, 0.3) is 0 Å². The first-order valence-corrected chi connectivity index (χ1v) is 3.88. The SMILES string of the molecule is COc1ccc([N+](=O)[O-])c(C(F)C=O)n1. The van der Waals surface area contributed by atoms with Crippen LogP contribution in [0.5, 0.6) is 5.88 Å². The van der Waals surface area contributed by atoms with E-state index in [-0.39, 0.29) is 12.2 Å². The molecule has 1 unspecified atom stereocenters. The average Bonchev–Trinajstić information content (AvgIpc) is 2.26. The van der Waals surface area contributed by atoms with Crippen molar-refractivity contribution in [3.8, 4) is 5.88 Å². The first kappa shape index (κ1) is 11.0. The van der Waals surface area contributed by atoms with E-state index in [4.69, 9.17) is 0 Å². The quantitative estimate of drug-likeness (QED) is 0.427. The van der Waals surface area contributed by atoms with E-state index in [9.17, 15) is 19.3 Å². The first-order chi connectivity index (χ1) is 7.10. The summed E-state index contributed by atoms with van der Waals surface area (Å²) in [6, 6.07) is 2.26. The van der Waals surface area contributed by atoms with Gasteiger partial charge < -0.3 is 4.74 Å². The minimum absolute atomic E-state index is 0.0140. The zero-order valence-corrected chi connectivity index (χ0v) is 7.71. The average molecular weight is 214 g/mol. The van der Waals surface area contributed by atoms with Crippen molar-refractivity contribution >= 4 is 12.0 Å². The van der Waals surface area contributed by atoms with Gasteiger partial charge in [0, 0.05) is 12.1 Å². The van der Waals surface area contributed by atoms with E-state index in [0.29, 0.717) is 0 Å². The molecule has 0 bridgehead atoms. The smallest absolute Gasteiger partial charge is 0.294 e. The summed E-state index contributed by atoms with van der Waals surface area (Å²) in [7, 11) is 1.28. The zero-order valence-electron chi connectivity index (χ0n) is 7.71. The summed E-state index contributed by atoms with van der Waals surface area (Å²) in [5.41, 5.74) is -1.09. The fourth-order valence-corrected chi connectivity index (χ4v) is 0.984. The van der Waals surface area contributed by atoms with Crippen LogP contribution in [0.2, 0.25) is 0 Å². The van der Waals surface area contributed by atoms with Crippen molar-refractivity contribution in [1.29, 1.82) is 0 Å². The lowest BCUT2D eigenvalue weighted by Crippen LogP contribution is -2.04. The molecule has 15 heavy (non-hydrogen) atoms. The molecule has 0 spiro atoms. The lowest BCUT2D eigenvalue weighted by molar-refractivity contribution is -0.386. The molecular weight excluding hydrogens is 207 g/mol. The maximum atomic E-state index is 13.0. The van der Waals surface area contributed by atoms with Crippen LogP contribution in [0.4, 0.5) is 10.1 Å². The molecule has 6 nitrogen and oxygen atoms in total. The lowest BCUT2D eigenvalue weighted by atomic mass is 10.2. The highest BCUT2D eigenvalue weighted by Gasteiger charge is 2.24. The maximum absolute atomic E-state index is 13.0. The number of pyridine rings is 1. The minimum atomic E-state index is -2.12. The van der Waals surface area contributed by atoms with Crippen molar-refractivity contribution in [2.24, 2.45) is 0 Å². The monoisotopic (exact) mass is 214 g/mol. The maximum Gasteiger partial charge on any atom is 0.294 e. The molecule has 0 fully saturated rings. The van der Waals surface area contributed by atoms with Gasteiger partial charge in [-0.15, -0.1) is 0 Å². The van der Waals surface area contributed by atoms with Gasteiger partial charge in [-0.2, -0.15) is 0 Å². The number of ether oxygens (including phenoxy) is 1. The van der Waals surface area contributed by atoms with Crippen LogP contribution >= 0.6 is 0 Å². The number of carbonyl (C=O) groups excluding carboxylic acids is 1. The van der Waals surface area contributed by atoms with Gasteiger partial charge >= 0.3 is 0 Å². The summed E-state index contributed by atoms with van der Waals surface area (Å²) in [4.78, 5) is 23.4. The summed E-state index contributed by atoms with van der Waals surface area (Å²) < 4.78 is 17.7. The van der Waals surface area contributed by atoms with Crippen molar-refractivity contribution in [2.75, 3.05) is 7.11 Å². The fourth-order valence-electron chi connectivity index (χ4n) is 0.984. The van der Waals surface area contributed by atoms with Gasteiger partial charge in [0.25, 0.3) is 5.69 Å². The van der Waals surface area contributed by atoms with Gasteiger partial charge in [0.05, 0.1) is 12.0 Å². The number of nitrogens with zero attached hydrogens (tertiary/aromatic N) is 2. The van der Waals surface area contributed by atoms with Crippen molar-refractivity contribution in [3.05, 3.63) is 27.9 Å². The Morgan fingerprint density at radius 3 is 2.80 bits per heavy atom. The predicted molar refractivity (Wildman–Crippen MR) is 47.4 cm³/mol. The molecule has 7 heteroatoms. The number of aldehydes is 1. The third-order valence-corrected chi connectivity index (χ3v) is 1.66. The summed E-state index contributed by atoms with van der Waals surface area (Å²) >= 11 is 0. The molecular formula is C8H7FN2O4. The highest BCUT2D eigenvalue weighted by molar-refractivity contribution is 5.62. The summed E-state index contributed by atoms with van der Waals surface area (Å²) in [5.74, 6) is 0.0140. The Morgan fingerprint density at radius 1 is 1.67 bits per heavy atom. The van der Waals surface area contributed by atoms with E-state index < -0.39 is 22.5 Å². The first-order valence-electron chi connectivity index (χ1n) is 3.88. The van der Waals surface area contributed by atoms with Gasteiger partial charge in [0.1, 0.15) is 0 Å². The van der Waals surface area contributed by atoms with E-state index in [1.54, 1.807) is 0 Å². The van der Waals surface area contributed by atoms with E-state index in [0.717, 1.165) is 6.07 Å². The van der Waals surface area contributed by atoms with Crippen LogP contribution < -0.4 is 4.74 Å². The minimum Gasteiger partial charge on any atom is -0.481 e. The molecule has 0 saturated heterocycles. The molecule has 1 heterocycles. The highest BCUT2D eigenvalue weighted by Crippen LogP contribution is 2.26. The second-order valence-corrected chi connectivity index (χ2v) is 2.55. The number of nitro groups is 1. The van der Waals surface area contributed by atoms with Crippen LogP contribution in [-0.2, 0) is 4.79 Å². The number of methoxy groups -OCH3 is 1. The standard InChI is InChI=1S/C8H7FN2O4/c1-15-7-3-2-6(11(13)14)8(10-7)5(9)4-12/h2-5H,1H3. The molecule has 1 rings (SSSR count). The van der Waals surface area contributed by atoms with Crippen molar-refractivity contribution < 1.29 is 18.8 Å². The molecule has 0 radical (unpaired) electrons. The number of halogens is 1. The molecule has 0 aromatic carbocycles. The number of alkyl halides is 1. The molecule has 0 aliphatic rings. The van der Waals surface area contributed by atoms with E-state index in [1.165, 1.54) is 13.2 Å². The Morgan fingerprint density at radius 2 is 2.33 bits per heavy atom. The van der Waals surface area contributed by atoms with Crippen LogP contribution in [-0.4, -0.2) is 23.3 Å². The third kappa shape index (κ3) is 2.25. The van der Waals surface area contributed by atoms with Gasteiger partial charge in [-0.3, -0.25) is 14.9 Å². The summed E-state index contributed by atoms with van der Waals surface area (Å²) in [6.07, 6.45) is -2.19. The van der Waals surface area contributed by atoms with E-state index in [2.05, 4.69) is 9.72 Å². The molecule has 1 aromatic heterocycles. The number of hydrogen-bond acceptors (Lipinski definition) is 5. The lowest BCUT2D eigenvalue weighted by Gasteiger charge is -2.04. The van der Waals surface area contributed by atoms with Gasteiger partial charge in [-0.05, 0) is 0 Å². The Balaban J connectivity index is 3.28. The second-order valence-electron chi connectivity index (χ2n) is 2.55. The molecule has 1 atom stereocenters. The van der Waals surface area contributed by atoms with E-state index >= 15 is 0 Å². The Bertz CT molecular complexity index is 396. The molecule has 1 aromatic rings. The van der Waals surface area contributed by atoms with Crippen molar-refractivity contribution in [2.45, 2.75) is 6.17 Å². The number of carbonyl (C=O) groups is 1. The van der Waals surface area contributed by atoms with E-state index in [1.807, 2.05) is 0 Å². The zero-order chi connectivity index (χ0) is 11.4. The van der Waals surface area contributed by atoms with Gasteiger partial charge in [-0.1, -0.05) is 0 Å². The van der Waals surface area contributed by atoms with Crippen LogP contribution in [0.1, 0.15) is 11.9 Å². The molecule has 0 amide bonds. The van der Waals surface area contributed by atoms with Crippen LogP contribution in [0.3, 0.4) is 0 Å². The molecule has 0 N–H and O–H groups in total. The number of aromatic nitrogens is 1. The summed E-state index contributed by atoms with van der Waals surface area (Å²) in [5, 5.41) is 10.5. The summed E-state index contributed by atoms with van der Waals surface area (Å²) in [6.45, 7) is 0. The molecule has 80 valence electrons. The van der Waals surface area contributed by atoms with Crippen LogP contribution in [0, 0.1) is 10.1 Å². The molecule has 0 saturated carbocycles. The van der Waals surface area contributed by atoms with Gasteiger partial charge in [0.15, 0.2) is 12.0 Å². The van der Waals surface area contributed by atoms with Gasteiger partial charge in [0.2, 0.25) is 12.1 Å². The molecule has 0 aliphatic carbocycles. The normalized spacial score (nSPS) is 11.9.